The second kappa shape index (κ2) is 7.58. The van der Waals surface area contributed by atoms with Gasteiger partial charge in [0.1, 0.15) is 6.20 Å². The van der Waals surface area contributed by atoms with Gasteiger partial charge < -0.3 is 17.0 Å². The van der Waals surface area contributed by atoms with Crippen LogP contribution >= 0.6 is 0 Å². The van der Waals surface area contributed by atoms with Gasteiger partial charge in [-0.1, -0.05) is 59.7 Å². The van der Waals surface area contributed by atoms with Crippen molar-refractivity contribution in [1.82, 2.24) is 4.57 Å². The molecule has 0 amide bonds. The highest BCUT2D eigenvalue weighted by Gasteiger charge is 2.29. The fourth-order valence-corrected chi connectivity index (χ4v) is 3.59. The van der Waals surface area contributed by atoms with Crippen LogP contribution in [0.5, 0.6) is 0 Å². The zero-order valence-electron chi connectivity index (χ0n) is 15.2. The molecule has 134 valence electrons. The Balaban J connectivity index is 0.00000196. The maximum absolute atomic E-state index is 12.7. The maximum atomic E-state index is 12.7. The minimum atomic E-state index is 0. The van der Waals surface area contributed by atoms with Gasteiger partial charge in [-0.25, -0.2) is 9.13 Å². The summed E-state index contributed by atoms with van der Waals surface area (Å²) in [6.45, 7) is 5.58. The third-order valence-corrected chi connectivity index (χ3v) is 5.03. The summed E-state index contributed by atoms with van der Waals surface area (Å²) in [7, 11) is 0. The number of hydrogen-bond acceptors (Lipinski definition) is 1. The molecule has 0 aliphatic carbocycles. The number of nitrogens with zero attached hydrogens (tertiary/aromatic N) is 2. The molecule has 2 aromatic carbocycles. The Kier molecular flexibility index (Phi) is 5.42. The van der Waals surface area contributed by atoms with Gasteiger partial charge in [-0.15, -0.1) is 0 Å². The van der Waals surface area contributed by atoms with Gasteiger partial charge in [0.2, 0.25) is 5.78 Å². The number of ketones is 1. The molecule has 1 aliphatic rings. The zero-order chi connectivity index (χ0) is 17.4. The summed E-state index contributed by atoms with van der Waals surface area (Å²) in [4.78, 5) is 12.7. The van der Waals surface area contributed by atoms with E-state index in [1.807, 2.05) is 31.2 Å². The minimum absolute atomic E-state index is 0. The number of rotatable bonds is 4. The Morgan fingerprint density at radius 3 is 2.27 bits per heavy atom. The van der Waals surface area contributed by atoms with Crippen LogP contribution in [0.4, 0.5) is 0 Å². The highest BCUT2D eigenvalue weighted by atomic mass is 79.9. The van der Waals surface area contributed by atoms with E-state index in [9.17, 15) is 4.79 Å². The van der Waals surface area contributed by atoms with Gasteiger partial charge >= 0.3 is 0 Å². The number of benzene rings is 2. The molecule has 4 heteroatoms. The van der Waals surface area contributed by atoms with Crippen molar-refractivity contribution in [3.8, 4) is 11.3 Å². The summed E-state index contributed by atoms with van der Waals surface area (Å²) in [5.74, 6) is 1.43. The lowest BCUT2D eigenvalue weighted by Crippen LogP contribution is -3.00. The molecule has 2 heterocycles. The number of Topliss-reactive ketones (excluding diaryl/α,β-unsaturated/α-hetero) is 1. The Labute approximate surface area is 165 Å². The molecular formula is C22H23BrN2O. The van der Waals surface area contributed by atoms with Crippen LogP contribution in [0.2, 0.25) is 0 Å². The summed E-state index contributed by atoms with van der Waals surface area (Å²) in [5, 5.41) is 0. The van der Waals surface area contributed by atoms with Gasteiger partial charge in [0.25, 0.3) is 5.82 Å². The van der Waals surface area contributed by atoms with E-state index >= 15 is 0 Å². The average Bonchev–Trinajstić information content (AvgIpc) is 3.20. The van der Waals surface area contributed by atoms with Crippen molar-refractivity contribution < 1.29 is 26.3 Å². The first kappa shape index (κ1) is 18.6. The SMILES string of the molecule is Cc1ccc(C(=O)C[n+]2cc(-c3ccc(C)cc3)n3c2CCC3)cc1.[Br-]. The Hall–Kier alpha value is -2.20. The van der Waals surface area contributed by atoms with Crippen molar-refractivity contribution in [2.24, 2.45) is 0 Å². The van der Waals surface area contributed by atoms with Crippen LogP contribution in [0.3, 0.4) is 0 Å². The van der Waals surface area contributed by atoms with Gasteiger partial charge in [-0.2, -0.15) is 0 Å². The quantitative estimate of drug-likeness (QED) is 0.463. The largest absolute Gasteiger partial charge is 1.00 e. The molecule has 0 bridgehead atoms. The number of aryl methyl sites for hydroxylation is 2. The van der Waals surface area contributed by atoms with Gasteiger partial charge in [0.15, 0.2) is 12.2 Å². The lowest BCUT2D eigenvalue weighted by Gasteiger charge is -2.01. The van der Waals surface area contributed by atoms with Crippen LogP contribution in [0, 0.1) is 13.8 Å². The summed E-state index contributed by atoms with van der Waals surface area (Å²) < 4.78 is 4.51. The highest BCUT2D eigenvalue weighted by Crippen LogP contribution is 2.25. The van der Waals surface area contributed by atoms with E-state index in [0.29, 0.717) is 6.54 Å². The number of carbonyl (C=O) groups is 1. The molecule has 0 radical (unpaired) electrons. The summed E-state index contributed by atoms with van der Waals surface area (Å²) >= 11 is 0. The second-order valence-corrected chi connectivity index (χ2v) is 6.97. The number of imidazole rings is 1. The molecule has 0 fully saturated rings. The van der Waals surface area contributed by atoms with Crippen molar-refractivity contribution >= 4 is 5.78 Å². The normalized spacial score (nSPS) is 12.5. The summed E-state index contributed by atoms with van der Waals surface area (Å²) in [6, 6.07) is 16.5. The standard InChI is InChI=1S/C22H23N2O.BrH/c1-16-5-9-18(10-6-16)20-14-23(22-4-3-13-24(20)22)15-21(25)19-11-7-17(2)8-12-19;/h5-12,14H,3-4,13,15H2,1-2H3;1H/q+1;/p-1. The average molecular weight is 411 g/mol. The molecule has 0 spiro atoms. The molecule has 3 nitrogen and oxygen atoms in total. The third kappa shape index (κ3) is 3.51. The van der Waals surface area contributed by atoms with E-state index < -0.39 is 0 Å². The van der Waals surface area contributed by atoms with Crippen molar-refractivity contribution in [2.45, 2.75) is 39.8 Å². The first-order chi connectivity index (χ1) is 12.1. The number of halogens is 1. The van der Waals surface area contributed by atoms with E-state index in [4.69, 9.17) is 0 Å². The van der Waals surface area contributed by atoms with E-state index in [0.717, 1.165) is 24.9 Å². The summed E-state index contributed by atoms with van der Waals surface area (Å²) in [5.41, 5.74) is 5.66. The number of fused-ring (bicyclic) bond motifs is 1. The van der Waals surface area contributed by atoms with E-state index in [1.54, 1.807) is 0 Å². The number of hydrogen-bond donors (Lipinski definition) is 0. The minimum Gasteiger partial charge on any atom is -1.00 e. The lowest BCUT2D eigenvalue weighted by molar-refractivity contribution is -0.689. The molecule has 0 saturated heterocycles. The van der Waals surface area contributed by atoms with Crippen LogP contribution in [-0.4, -0.2) is 10.4 Å². The first-order valence-corrected chi connectivity index (χ1v) is 8.90. The van der Waals surface area contributed by atoms with Gasteiger partial charge in [-0.3, -0.25) is 4.79 Å². The smallest absolute Gasteiger partial charge is 0.257 e. The van der Waals surface area contributed by atoms with Crippen LogP contribution < -0.4 is 21.5 Å². The zero-order valence-corrected chi connectivity index (χ0v) is 16.8. The maximum Gasteiger partial charge on any atom is 0.257 e. The number of carbonyl (C=O) groups excluding carboxylic acids is 1. The molecule has 0 unspecified atom stereocenters. The van der Waals surface area contributed by atoms with Crippen molar-refractivity contribution in [2.75, 3.05) is 0 Å². The highest BCUT2D eigenvalue weighted by molar-refractivity contribution is 5.95. The topological polar surface area (TPSA) is 25.9 Å². The predicted octanol–water partition coefficient (Wildman–Crippen LogP) is 0.893. The van der Waals surface area contributed by atoms with E-state index in [-0.39, 0.29) is 22.8 Å². The lowest BCUT2D eigenvalue weighted by atomic mass is 10.1. The Morgan fingerprint density at radius 2 is 1.62 bits per heavy atom. The van der Waals surface area contributed by atoms with Gasteiger partial charge in [-0.05, 0) is 20.3 Å². The van der Waals surface area contributed by atoms with Gasteiger partial charge in [0, 0.05) is 11.1 Å². The second-order valence-electron chi connectivity index (χ2n) is 6.97. The molecule has 26 heavy (non-hydrogen) atoms. The molecule has 1 aliphatic heterocycles. The molecule has 0 saturated carbocycles. The van der Waals surface area contributed by atoms with Crippen molar-refractivity contribution in [3.63, 3.8) is 0 Å². The molecule has 4 rings (SSSR count). The molecular weight excluding hydrogens is 388 g/mol. The Morgan fingerprint density at radius 1 is 1.00 bits per heavy atom. The van der Waals surface area contributed by atoms with Crippen LogP contribution in [0.25, 0.3) is 11.3 Å². The number of aromatic nitrogens is 2. The Bertz CT molecular complexity index is 924. The predicted molar refractivity (Wildman–Crippen MR) is 98.6 cm³/mol. The van der Waals surface area contributed by atoms with Gasteiger partial charge in [0.05, 0.1) is 13.0 Å². The molecule has 0 atom stereocenters. The molecule has 3 aromatic rings. The van der Waals surface area contributed by atoms with E-state index in [1.165, 1.54) is 28.2 Å². The van der Waals surface area contributed by atoms with E-state index in [2.05, 4.69) is 46.5 Å². The van der Waals surface area contributed by atoms with Crippen LogP contribution in [-0.2, 0) is 19.5 Å². The van der Waals surface area contributed by atoms with Crippen LogP contribution in [0.1, 0.15) is 33.7 Å². The monoisotopic (exact) mass is 410 g/mol. The summed E-state index contributed by atoms with van der Waals surface area (Å²) in [6.07, 6.45) is 4.33. The van der Waals surface area contributed by atoms with Crippen LogP contribution in [0.15, 0.2) is 54.7 Å². The fraction of sp³-hybridized carbons (Fsp3) is 0.273. The van der Waals surface area contributed by atoms with Crippen molar-refractivity contribution in [1.29, 1.82) is 0 Å². The molecule has 0 N–H and O–H groups in total. The molecule has 1 aromatic heterocycles. The van der Waals surface area contributed by atoms with Crippen molar-refractivity contribution in [3.05, 3.63) is 77.2 Å². The first-order valence-electron chi connectivity index (χ1n) is 8.90. The third-order valence-electron chi connectivity index (χ3n) is 5.03. The fourth-order valence-electron chi connectivity index (χ4n) is 3.59.